The van der Waals surface area contributed by atoms with Crippen LogP contribution in [-0.4, -0.2) is 42.1 Å². The molecule has 0 spiro atoms. The number of rotatable bonds is 7. The van der Waals surface area contributed by atoms with Crippen LogP contribution in [0.25, 0.3) is 17.1 Å². The minimum atomic E-state index is -0.275. The second-order valence-electron chi connectivity index (χ2n) is 8.10. The molecule has 1 unspecified atom stereocenters. The maximum atomic E-state index is 13.6. The van der Waals surface area contributed by atoms with Crippen LogP contribution in [0.15, 0.2) is 79.4 Å². The Balaban J connectivity index is 1.43. The molecule has 1 atom stereocenters. The standard InChI is InChI=1S/C25H24N6O/c1-18(23-28-17-29-31(23)25-26-14-5-15-27-25)30(16-19-8-9-19)24(32)22-12-10-21(11-13-22)20-6-3-2-4-7-20/h2-7,10-15,17-19H,8-9,16H2,1H3. The second-order valence-corrected chi connectivity index (χ2v) is 8.10. The fraction of sp³-hybridized carbons (Fsp3) is 0.240. The van der Waals surface area contributed by atoms with E-state index in [1.54, 1.807) is 23.1 Å². The third-order valence-corrected chi connectivity index (χ3v) is 5.81. The van der Waals surface area contributed by atoms with E-state index in [9.17, 15) is 4.79 Å². The highest BCUT2D eigenvalue weighted by atomic mass is 16.2. The molecule has 4 aromatic rings. The summed E-state index contributed by atoms with van der Waals surface area (Å²) in [6.45, 7) is 2.69. The first kappa shape index (κ1) is 20.1. The zero-order valence-electron chi connectivity index (χ0n) is 17.9. The normalized spacial score (nSPS) is 14.2. The Morgan fingerprint density at radius 1 is 0.969 bits per heavy atom. The molecule has 1 fully saturated rings. The van der Waals surface area contributed by atoms with Crippen LogP contribution in [0.4, 0.5) is 0 Å². The minimum Gasteiger partial charge on any atom is -0.328 e. The maximum absolute atomic E-state index is 13.6. The van der Waals surface area contributed by atoms with E-state index in [4.69, 9.17) is 0 Å². The first-order valence-corrected chi connectivity index (χ1v) is 10.8. The van der Waals surface area contributed by atoms with Gasteiger partial charge in [0.15, 0.2) is 5.82 Å². The quantitative estimate of drug-likeness (QED) is 0.441. The van der Waals surface area contributed by atoms with Crippen molar-refractivity contribution in [3.63, 3.8) is 0 Å². The minimum absolute atomic E-state index is 0.00691. The van der Waals surface area contributed by atoms with Gasteiger partial charge in [0.2, 0.25) is 0 Å². The molecule has 0 radical (unpaired) electrons. The highest BCUT2D eigenvalue weighted by molar-refractivity contribution is 5.95. The predicted molar refractivity (Wildman–Crippen MR) is 121 cm³/mol. The van der Waals surface area contributed by atoms with Gasteiger partial charge in [-0.15, -0.1) is 0 Å². The van der Waals surface area contributed by atoms with Gasteiger partial charge in [0, 0.05) is 24.5 Å². The van der Waals surface area contributed by atoms with Crippen LogP contribution in [0.3, 0.4) is 0 Å². The van der Waals surface area contributed by atoms with Gasteiger partial charge >= 0.3 is 0 Å². The summed E-state index contributed by atoms with van der Waals surface area (Å²) in [7, 11) is 0. The number of carbonyl (C=O) groups is 1. The second kappa shape index (κ2) is 8.70. The molecule has 0 N–H and O–H groups in total. The first-order valence-electron chi connectivity index (χ1n) is 10.8. The number of aromatic nitrogens is 5. The van der Waals surface area contributed by atoms with Gasteiger partial charge in [0.1, 0.15) is 6.33 Å². The molecule has 2 heterocycles. The van der Waals surface area contributed by atoms with E-state index < -0.39 is 0 Å². The van der Waals surface area contributed by atoms with Gasteiger partial charge in [0.05, 0.1) is 6.04 Å². The van der Waals surface area contributed by atoms with Crippen LogP contribution in [0, 0.1) is 5.92 Å². The molecule has 5 rings (SSSR count). The summed E-state index contributed by atoms with van der Waals surface area (Å²) in [5.41, 5.74) is 2.88. The molecule has 7 heteroatoms. The molecule has 0 saturated heterocycles. The van der Waals surface area contributed by atoms with Crippen molar-refractivity contribution in [2.45, 2.75) is 25.8 Å². The molecular formula is C25H24N6O. The van der Waals surface area contributed by atoms with Crippen LogP contribution in [0.5, 0.6) is 0 Å². The molecule has 1 aliphatic carbocycles. The monoisotopic (exact) mass is 424 g/mol. The SMILES string of the molecule is CC(c1ncnn1-c1ncccn1)N(CC1CC1)C(=O)c1ccc(-c2ccccc2)cc1. The van der Waals surface area contributed by atoms with Gasteiger partial charge in [-0.2, -0.15) is 9.78 Å². The maximum Gasteiger partial charge on any atom is 0.254 e. The summed E-state index contributed by atoms with van der Waals surface area (Å²) in [4.78, 5) is 28.5. The number of amides is 1. The molecule has 7 nitrogen and oxygen atoms in total. The van der Waals surface area contributed by atoms with E-state index in [2.05, 4.69) is 32.2 Å². The van der Waals surface area contributed by atoms with E-state index in [1.165, 1.54) is 6.33 Å². The topological polar surface area (TPSA) is 76.8 Å². The van der Waals surface area contributed by atoms with Crippen LogP contribution in [-0.2, 0) is 0 Å². The van der Waals surface area contributed by atoms with Crippen LogP contribution in [0.2, 0.25) is 0 Å². The summed E-state index contributed by atoms with van der Waals surface area (Å²) in [5, 5.41) is 4.30. The summed E-state index contributed by atoms with van der Waals surface area (Å²) in [6, 6.07) is 19.5. The van der Waals surface area contributed by atoms with E-state index in [1.807, 2.05) is 54.3 Å². The van der Waals surface area contributed by atoms with Crippen molar-refractivity contribution in [2.24, 2.45) is 5.92 Å². The van der Waals surface area contributed by atoms with Gasteiger partial charge in [-0.25, -0.2) is 15.0 Å². The van der Waals surface area contributed by atoms with Crippen LogP contribution < -0.4 is 0 Å². The highest BCUT2D eigenvalue weighted by Crippen LogP contribution is 2.33. The molecule has 1 saturated carbocycles. The number of nitrogens with zero attached hydrogens (tertiary/aromatic N) is 6. The lowest BCUT2D eigenvalue weighted by Crippen LogP contribution is -2.36. The molecular weight excluding hydrogens is 400 g/mol. The Kier molecular flexibility index (Phi) is 5.46. The van der Waals surface area contributed by atoms with Gasteiger partial charge < -0.3 is 4.90 Å². The molecule has 0 bridgehead atoms. The van der Waals surface area contributed by atoms with Crippen molar-refractivity contribution in [2.75, 3.05) is 6.54 Å². The first-order chi connectivity index (χ1) is 15.7. The predicted octanol–water partition coefficient (Wildman–Crippen LogP) is 4.34. The summed E-state index contributed by atoms with van der Waals surface area (Å²) in [6.07, 6.45) is 7.12. The molecule has 0 aliphatic heterocycles. The molecule has 160 valence electrons. The van der Waals surface area contributed by atoms with Gasteiger partial charge in [-0.1, -0.05) is 42.5 Å². The third kappa shape index (κ3) is 4.14. The zero-order chi connectivity index (χ0) is 21.9. The van der Waals surface area contributed by atoms with Gasteiger partial charge in [-0.3, -0.25) is 4.79 Å². The van der Waals surface area contributed by atoms with Gasteiger partial charge in [-0.05, 0) is 55.0 Å². The average molecular weight is 425 g/mol. The lowest BCUT2D eigenvalue weighted by atomic mass is 10.0. The van der Waals surface area contributed by atoms with Crippen molar-refractivity contribution >= 4 is 5.91 Å². The van der Waals surface area contributed by atoms with Crippen molar-refractivity contribution < 1.29 is 4.79 Å². The summed E-state index contributed by atoms with van der Waals surface area (Å²) in [5.74, 6) is 1.62. The van der Waals surface area contributed by atoms with Crippen molar-refractivity contribution in [3.05, 3.63) is 90.8 Å². The fourth-order valence-corrected chi connectivity index (χ4v) is 3.83. The van der Waals surface area contributed by atoms with Crippen LogP contribution >= 0.6 is 0 Å². The van der Waals surface area contributed by atoms with E-state index in [-0.39, 0.29) is 11.9 Å². The lowest BCUT2D eigenvalue weighted by Gasteiger charge is -2.29. The third-order valence-electron chi connectivity index (χ3n) is 5.81. The Hall–Kier alpha value is -3.87. The molecule has 1 aliphatic rings. The van der Waals surface area contributed by atoms with Crippen LogP contribution in [0.1, 0.15) is 42.0 Å². The largest absolute Gasteiger partial charge is 0.328 e. The molecule has 1 amide bonds. The number of benzene rings is 2. The number of hydrogen-bond donors (Lipinski definition) is 0. The summed E-state index contributed by atoms with van der Waals surface area (Å²) >= 11 is 0. The zero-order valence-corrected chi connectivity index (χ0v) is 17.9. The molecule has 32 heavy (non-hydrogen) atoms. The smallest absolute Gasteiger partial charge is 0.254 e. The highest BCUT2D eigenvalue weighted by Gasteiger charge is 2.33. The van der Waals surface area contributed by atoms with Crippen molar-refractivity contribution in [1.29, 1.82) is 0 Å². The Morgan fingerprint density at radius 2 is 1.66 bits per heavy atom. The Labute approximate surface area is 186 Å². The van der Waals surface area contributed by atoms with E-state index in [0.717, 1.165) is 24.0 Å². The molecule has 2 aromatic heterocycles. The number of hydrogen-bond acceptors (Lipinski definition) is 5. The Bertz CT molecular complexity index is 1190. The number of carbonyl (C=O) groups excluding carboxylic acids is 1. The lowest BCUT2D eigenvalue weighted by molar-refractivity contribution is 0.0670. The molecule has 2 aromatic carbocycles. The van der Waals surface area contributed by atoms with Crippen molar-refractivity contribution in [1.82, 2.24) is 29.6 Å². The van der Waals surface area contributed by atoms with E-state index >= 15 is 0 Å². The van der Waals surface area contributed by atoms with E-state index in [0.29, 0.717) is 29.8 Å². The summed E-state index contributed by atoms with van der Waals surface area (Å²) < 4.78 is 1.61. The van der Waals surface area contributed by atoms with Gasteiger partial charge in [0.25, 0.3) is 11.9 Å². The average Bonchev–Trinajstić information content (AvgIpc) is 3.55. The van der Waals surface area contributed by atoms with Crippen molar-refractivity contribution in [3.8, 4) is 17.1 Å². The fourth-order valence-electron chi connectivity index (χ4n) is 3.83. The Morgan fingerprint density at radius 3 is 2.34 bits per heavy atom.